The third-order valence-electron chi connectivity index (χ3n) is 2.09. The summed E-state index contributed by atoms with van der Waals surface area (Å²) < 4.78 is 1.60. The van der Waals surface area contributed by atoms with Crippen LogP contribution in [0.3, 0.4) is 0 Å². The van der Waals surface area contributed by atoms with Crippen LogP contribution in [0.5, 0.6) is 0 Å². The molecule has 0 saturated carbocycles. The normalized spacial score (nSPS) is 9.56. The van der Waals surface area contributed by atoms with E-state index in [4.69, 9.17) is 0 Å². The van der Waals surface area contributed by atoms with Gasteiger partial charge in [0.05, 0.1) is 5.12 Å². The van der Waals surface area contributed by atoms with Crippen LogP contribution >= 0.6 is 0 Å². The minimum absolute atomic E-state index is 0. The fourth-order valence-corrected chi connectivity index (χ4v) is 1.52. The molecule has 6 heteroatoms. The summed E-state index contributed by atoms with van der Waals surface area (Å²) in [5.41, 5.74) is 0.912. The number of nitrogens with zero attached hydrogens (tertiary/aromatic N) is 3. The van der Waals surface area contributed by atoms with Crippen molar-refractivity contribution in [1.82, 2.24) is 14.8 Å². The van der Waals surface area contributed by atoms with Gasteiger partial charge in [-0.2, -0.15) is 0 Å². The first-order valence-corrected chi connectivity index (χ1v) is 4.77. The van der Waals surface area contributed by atoms with Crippen LogP contribution in [0.1, 0.15) is 10.6 Å². The fourth-order valence-electron chi connectivity index (χ4n) is 1.35. The Labute approximate surface area is 141 Å². The van der Waals surface area contributed by atoms with Gasteiger partial charge in [-0.05, 0) is 0 Å². The minimum atomic E-state index is -0.493. The fraction of sp³-hybridized carbons (Fsp3) is 0.100. The molecule has 0 N–H and O–H groups in total. The summed E-state index contributed by atoms with van der Waals surface area (Å²) in [7, 11) is 1.72. The van der Waals surface area contributed by atoms with Crippen molar-refractivity contribution >= 4 is 17.7 Å². The van der Waals surface area contributed by atoms with Crippen molar-refractivity contribution in [3.8, 4) is 11.4 Å². The number of aromatic nitrogens is 3. The molecule has 0 aliphatic carbocycles. The zero-order valence-corrected chi connectivity index (χ0v) is 13.0. The summed E-state index contributed by atoms with van der Waals surface area (Å²) >= 11 is 4.53. The molecule has 4 nitrogen and oxygen atoms in total. The van der Waals surface area contributed by atoms with Crippen LogP contribution in [0.15, 0.2) is 30.3 Å². The summed E-state index contributed by atoms with van der Waals surface area (Å²) in [4.78, 5) is 11.0. The van der Waals surface area contributed by atoms with Crippen LogP contribution in [0.25, 0.3) is 11.4 Å². The molecule has 0 atom stereocenters. The Balaban J connectivity index is 0.00000128. The van der Waals surface area contributed by atoms with E-state index in [9.17, 15) is 4.79 Å². The molecule has 0 saturated heterocycles. The van der Waals surface area contributed by atoms with Crippen molar-refractivity contribution in [1.29, 1.82) is 0 Å². The molecule has 1 aromatic heterocycles. The van der Waals surface area contributed by atoms with Gasteiger partial charge in [-0.15, -0.1) is 10.2 Å². The molecule has 0 bridgehead atoms. The Bertz CT molecular complexity index is 498. The second kappa shape index (κ2) is 5.99. The van der Waals surface area contributed by atoms with Crippen LogP contribution < -0.4 is 51.4 Å². The molecule has 76 valence electrons. The number of carbonyl (C=O) groups excluding carboxylic acids is 1. The Kier molecular flexibility index (Phi) is 5.22. The van der Waals surface area contributed by atoms with Gasteiger partial charge in [-0.1, -0.05) is 30.3 Å². The Morgan fingerprint density at radius 1 is 1.25 bits per heavy atom. The second-order valence-corrected chi connectivity index (χ2v) is 3.43. The molecular formula is C10H8KN3OS. The van der Waals surface area contributed by atoms with Crippen molar-refractivity contribution in [2.75, 3.05) is 0 Å². The molecule has 16 heavy (non-hydrogen) atoms. The minimum Gasteiger partial charge on any atom is -0.734 e. The number of rotatable bonds is 2. The zero-order chi connectivity index (χ0) is 10.8. The van der Waals surface area contributed by atoms with E-state index in [0.29, 0.717) is 5.82 Å². The SMILES string of the molecule is Cn1c(C(=O)[S-])nnc1-c1ccccc1.[K+]. The summed E-state index contributed by atoms with van der Waals surface area (Å²) in [6, 6.07) is 9.53. The van der Waals surface area contributed by atoms with Gasteiger partial charge in [0, 0.05) is 12.6 Å². The average Bonchev–Trinajstić information content (AvgIpc) is 2.61. The molecule has 0 aliphatic rings. The van der Waals surface area contributed by atoms with Gasteiger partial charge < -0.3 is 22.0 Å². The predicted molar refractivity (Wildman–Crippen MR) is 58.1 cm³/mol. The van der Waals surface area contributed by atoms with Gasteiger partial charge in [-0.25, -0.2) is 0 Å². The summed E-state index contributed by atoms with van der Waals surface area (Å²) in [5.74, 6) is 0.840. The van der Waals surface area contributed by atoms with Crippen LogP contribution in [-0.2, 0) is 19.7 Å². The molecule has 0 fully saturated rings. The first kappa shape index (κ1) is 13.9. The largest absolute Gasteiger partial charge is 1.00 e. The molecular weight excluding hydrogens is 249 g/mol. The van der Waals surface area contributed by atoms with Gasteiger partial charge >= 0.3 is 51.4 Å². The van der Waals surface area contributed by atoms with Crippen LogP contribution in [0.4, 0.5) is 0 Å². The molecule has 0 radical (unpaired) electrons. The molecule has 1 heterocycles. The van der Waals surface area contributed by atoms with E-state index < -0.39 is 5.12 Å². The molecule has 0 spiro atoms. The summed E-state index contributed by atoms with van der Waals surface area (Å²) in [6.45, 7) is 0. The van der Waals surface area contributed by atoms with Gasteiger partial charge in [0.1, 0.15) is 0 Å². The van der Waals surface area contributed by atoms with Crippen molar-refractivity contribution < 1.29 is 56.2 Å². The van der Waals surface area contributed by atoms with Gasteiger partial charge in [0.25, 0.3) is 0 Å². The first-order chi connectivity index (χ1) is 7.20. The Morgan fingerprint density at radius 3 is 2.38 bits per heavy atom. The quantitative estimate of drug-likeness (QED) is 0.469. The average molecular weight is 257 g/mol. The van der Waals surface area contributed by atoms with E-state index in [2.05, 4.69) is 22.8 Å². The van der Waals surface area contributed by atoms with Crippen LogP contribution in [0, 0.1) is 0 Å². The molecule has 0 aliphatic heterocycles. The van der Waals surface area contributed by atoms with E-state index in [1.807, 2.05) is 30.3 Å². The van der Waals surface area contributed by atoms with Crippen molar-refractivity contribution in [2.45, 2.75) is 0 Å². The number of carbonyl (C=O) groups is 1. The molecule has 0 unspecified atom stereocenters. The monoisotopic (exact) mass is 257 g/mol. The van der Waals surface area contributed by atoms with Crippen molar-refractivity contribution in [2.24, 2.45) is 7.05 Å². The van der Waals surface area contributed by atoms with Gasteiger partial charge in [0.15, 0.2) is 11.6 Å². The van der Waals surface area contributed by atoms with E-state index >= 15 is 0 Å². The number of hydrogen-bond acceptors (Lipinski definition) is 4. The summed E-state index contributed by atoms with van der Waals surface area (Å²) in [6.07, 6.45) is 0. The first-order valence-electron chi connectivity index (χ1n) is 4.36. The zero-order valence-electron chi connectivity index (χ0n) is 9.04. The van der Waals surface area contributed by atoms with Gasteiger partial charge in [-0.3, -0.25) is 0 Å². The van der Waals surface area contributed by atoms with E-state index in [1.165, 1.54) is 0 Å². The Hall–Kier alpha value is -0.114. The van der Waals surface area contributed by atoms with E-state index in [0.717, 1.165) is 5.56 Å². The molecule has 0 amide bonds. The maximum atomic E-state index is 11.0. The van der Waals surface area contributed by atoms with Crippen molar-refractivity contribution in [3.05, 3.63) is 36.2 Å². The molecule has 1 aromatic carbocycles. The maximum Gasteiger partial charge on any atom is 1.00 e. The third kappa shape index (κ3) is 2.76. The smallest absolute Gasteiger partial charge is 0.734 e. The predicted octanol–water partition coefficient (Wildman–Crippen LogP) is -1.83. The van der Waals surface area contributed by atoms with Gasteiger partial charge in [0.2, 0.25) is 0 Å². The molecule has 2 aromatic rings. The second-order valence-electron chi connectivity index (χ2n) is 3.06. The van der Waals surface area contributed by atoms with Crippen LogP contribution in [-0.4, -0.2) is 19.9 Å². The van der Waals surface area contributed by atoms with Crippen molar-refractivity contribution in [3.63, 3.8) is 0 Å². The standard InChI is InChI=1S/C10H9N3OS.K/c1-13-8(7-5-3-2-4-6-7)11-12-9(13)10(14)15;/h2-6H,1H3,(H,14,15);/q;+1/p-1. The van der Waals surface area contributed by atoms with E-state index in [1.54, 1.807) is 11.6 Å². The number of hydrogen-bond donors (Lipinski definition) is 0. The third-order valence-corrected chi connectivity index (χ3v) is 2.27. The molecule has 2 rings (SSSR count). The Morgan fingerprint density at radius 2 is 1.88 bits per heavy atom. The summed E-state index contributed by atoms with van der Waals surface area (Å²) in [5, 5.41) is 7.19. The topological polar surface area (TPSA) is 47.8 Å². The van der Waals surface area contributed by atoms with E-state index in [-0.39, 0.29) is 57.2 Å². The number of benzene rings is 1. The maximum absolute atomic E-state index is 11.0. The van der Waals surface area contributed by atoms with Crippen LogP contribution in [0.2, 0.25) is 0 Å².